The van der Waals surface area contributed by atoms with E-state index in [1.54, 1.807) is 0 Å². The molecule has 0 aliphatic heterocycles. The van der Waals surface area contributed by atoms with E-state index in [4.69, 9.17) is 5.11 Å². The first-order valence-corrected chi connectivity index (χ1v) is 6.35. The molecule has 0 unspecified atom stereocenters. The second-order valence-electron chi connectivity index (χ2n) is 3.92. The Morgan fingerprint density at radius 1 is 1.29 bits per heavy atom. The van der Waals surface area contributed by atoms with Crippen molar-refractivity contribution in [2.24, 2.45) is 0 Å². The largest absolute Gasteiger partial charge is 0.466 e. The van der Waals surface area contributed by atoms with Gasteiger partial charge in [0.1, 0.15) is 0 Å². The minimum Gasteiger partial charge on any atom is -0.466 e. The van der Waals surface area contributed by atoms with Gasteiger partial charge in [-0.25, -0.2) is 4.79 Å². The van der Waals surface area contributed by atoms with Crippen LogP contribution in [-0.2, 0) is 9.53 Å². The minimum atomic E-state index is -0.239. The molecule has 0 fully saturated rings. The summed E-state index contributed by atoms with van der Waals surface area (Å²) in [7, 11) is 1.40. The smallest absolute Gasteiger partial charge is 0.333 e. The Morgan fingerprint density at radius 3 is 2.59 bits per heavy atom. The average Bonchev–Trinajstić information content (AvgIpc) is 2.36. The number of carbonyl (C=O) groups excluding carboxylic acids is 1. The monoisotopic (exact) mass is 243 g/mol. The quantitative estimate of drug-likeness (QED) is 0.348. The first-order valence-electron chi connectivity index (χ1n) is 6.35. The number of esters is 1. The van der Waals surface area contributed by atoms with Gasteiger partial charge in [-0.15, -0.1) is 0 Å². The first kappa shape index (κ1) is 16.1. The van der Waals surface area contributed by atoms with Crippen molar-refractivity contribution in [1.82, 2.24) is 5.32 Å². The Morgan fingerprint density at radius 2 is 2.00 bits per heavy atom. The molecule has 17 heavy (non-hydrogen) atoms. The summed E-state index contributed by atoms with van der Waals surface area (Å²) in [6.07, 6.45) is 6.80. The zero-order chi connectivity index (χ0) is 12.9. The van der Waals surface area contributed by atoms with Crippen LogP contribution >= 0.6 is 0 Å². The van der Waals surface area contributed by atoms with Crippen molar-refractivity contribution in [2.75, 3.05) is 26.8 Å². The summed E-state index contributed by atoms with van der Waals surface area (Å²) in [5, 5.41) is 11.9. The summed E-state index contributed by atoms with van der Waals surface area (Å²) in [6.45, 7) is 3.88. The SMILES string of the molecule is CCC(=CCNCCCCCCO)C(=O)OC. The number of aliphatic hydroxyl groups excluding tert-OH is 1. The number of ether oxygens (including phenoxy) is 1. The lowest BCUT2D eigenvalue weighted by Crippen LogP contribution is -2.16. The van der Waals surface area contributed by atoms with Gasteiger partial charge in [-0.3, -0.25) is 0 Å². The van der Waals surface area contributed by atoms with Crippen LogP contribution in [0.4, 0.5) is 0 Å². The molecule has 0 spiro atoms. The lowest BCUT2D eigenvalue weighted by molar-refractivity contribution is -0.136. The van der Waals surface area contributed by atoms with Gasteiger partial charge in [-0.1, -0.05) is 25.8 Å². The molecule has 0 atom stereocenters. The number of aliphatic hydroxyl groups is 1. The maximum absolute atomic E-state index is 11.2. The molecule has 4 nitrogen and oxygen atoms in total. The molecule has 0 rings (SSSR count). The molecular formula is C13H25NO3. The van der Waals surface area contributed by atoms with Crippen LogP contribution in [-0.4, -0.2) is 37.9 Å². The molecule has 0 aromatic rings. The molecule has 0 aliphatic carbocycles. The summed E-state index contributed by atoms with van der Waals surface area (Å²) in [4.78, 5) is 11.2. The second-order valence-corrected chi connectivity index (χ2v) is 3.92. The molecule has 0 aromatic carbocycles. The van der Waals surface area contributed by atoms with Crippen molar-refractivity contribution < 1.29 is 14.6 Å². The van der Waals surface area contributed by atoms with Crippen LogP contribution in [0.3, 0.4) is 0 Å². The number of nitrogens with one attached hydrogen (secondary N) is 1. The Labute approximate surface area is 104 Å². The number of hydrogen-bond acceptors (Lipinski definition) is 4. The molecule has 0 bridgehead atoms. The van der Waals surface area contributed by atoms with E-state index in [1.165, 1.54) is 7.11 Å². The zero-order valence-corrected chi connectivity index (χ0v) is 11.0. The van der Waals surface area contributed by atoms with Gasteiger partial charge in [-0.2, -0.15) is 0 Å². The maximum atomic E-state index is 11.2. The molecule has 0 radical (unpaired) electrons. The van der Waals surface area contributed by atoms with E-state index in [9.17, 15) is 4.79 Å². The lowest BCUT2D eigenvalue weighted by atomic mass is 10.2. The van der Waals surface area contributed by atoms with Gasteiger partial charge in [0.05, 0.1) is 7.11 Å². The third-order valence-corrected chi connectivity index (χ3v) is 2.58. The van der Waals surface area contributed by atoms with E-state index in [2.05, 4.69) is 10.1 Å². The third-order valence-electron chi connectivity index (χ3n) is 2.58. The molecular weight excluding hydrogens is 218 g/mol. The highest BCUT2D eigenvalue weighted by molar-refractivity contribution is 5.88. The van der Waals surface area contributed by atoms with Gasteiger partial charge in [0.25, 0.3) is 0 Å². The van der Waals surface area contributed by atoms with Crippen molar-refractivity contribution in [2.45, 2.75) is 39.0 Å². The lowest BCUT2D eigenvalue weighted by Gasteiger charge is -2.04. The molecule has 0 amide bonds. The standard InChI is InChI=1S/C13H25NO3/c1-3-12(13(16)17-2)8-10-14-9-6-4-5-7-11-15/h8,14-15H,3-7,9-11H2,1-2H3. The fraction of sp³-hybridized carbons (Fsp3) is 0.769. The number of hydrogen-bond donors (Lipinski definition) is 2. The Bertz CT molecular complexity index is 227. The highest BCUT2D eigenvalue weighted by Gasteiger charge is 2.05. The fourth-order valence-corrected chi connectivity index (χ4v) is 1.52. The van der Waals surface area contributed by atoms with Gasteiger partial charge < -0.3 is 15.2 Å². The molecule has 4 heteroatoms. The maximum Gasteiger partial charge on any atom is 0.333 e. The van der Waals surface area contributed by atoms with E-state index in [0.717, 1.165) is 37.8 Å². The van der Waals surface area contributed by atoms with Gasteiger partial charge in [0.2, 0.25) is 0 Å². The van der Waals surface area contributed by atoms with Crippen molar-refractivity contribution in [3.63, 3.8) is 0 Å². The normalized spacial score (nSPS) is 11.6. The highest BCUT2D eigenvalue weighted by Crippen LogP contribution is 2.02. The number of unbranched alkanes of at least 4 members (excludes halogenated alkanes) is 3. The van der Waals surface area contributed by atoms with Crippen LogP contribution < -0.4 is 5.32 Å². The Balaban J connectivity index is 3.53. The Kier molecular flexibility index (Phi) is 11.0. The molecule has 0 saturated carbocycles. The van der Waals surface area contributed by atoms with E-state index >= 15 is 0 Å². The van der Waals surface area contributed by atoms with Crippen LogP contribution in [0.15, 0.2) is 11.6 Å². The summed E-state index contributed by atoms with van der Waals surface area (Å²) >= 11 is 0. The van der Waals surface area contributed by atoms with Crippen molar-refractivity contribution in [3.05, 3.63) is 11.6 Å². The predicted octanol–water partition coefficient (Wildman–Crippen LogP) is 1.64. The van der Waals surface area contributed by atoms with E-state index < -0.39 is 0 Å². The number of rotatable bonds is 10. The van der Waals surface area contributed by atoms with Crippen LogP contribution in [0.25, 0.3) is 0 Å². The van der Waals surface area contributed by atoms with Crippen LogP contribution in [0, 0.1) is 0 Å². The molecule has 0 heterocycles. The van der Waals surface area contributed by atoms with Gasteiger partial charge >= 0.3 is 5.97 Å². The van der Waals surface area contributed by atoms with Gasteiger partial charge in [0.15, 0.2) is 0 Å². The summed E-state index contributed by atoms with van der Waals surface area (Å²) in [6, 6.07) is 0. The second kappa shape index (κ2) is 11.6. The van der Waals surface area contributed by atoms with E-state index in [1.807, 2.05) is 13.0 Å². The topological polar surface area (TPSA) is 58.6 Å². The molecule has 2 N–H and O–H groups in total. The third kappa shape index (κ3) is 8.89. The summed E-state index contributed by atoms with van der Waals surface area (Å²) in [5.74, 6) is -0.239. The average molecular weight is 243 g/mol. The molecule has 0 aromatic heterocycles. The minimum absolute atomic E-state index is 0.239. The van der Waals surface area contributed by atoms with Crippen molar-refractivity contribution in [1.29, 1.82) is 0 Å². The molecule has 0 saturated heterocycles. The number of methoxy groups -OCH3 is 1. The van der Waals surface area contributed by atoms with E-state index in [0.29, 0.717) is 13.0 Å². The predicted molar refractivity (Wildman–Crippen MR) is 68.8 cm³/mol. The fourth-order valence-electron chi connectivity index (χ4n) is 1.52. The summed E-state index contributed by atoms with van der Waals surface area (Å²) < 4.78 is 4.67. The van der Waals surface area contributed by atoms with E-state index in [-0.39, 0.29) is 12.6 Å². The zero-order valence-electron chi connectivity index (χ0n) is 11.0. The Hall–Kier alpha value is -0.870. The van der Waals surface area contributed by atoms with Gasteiger partial charge in [0, 0.05) is 18.7 Å². The highest BCUT2D eigenvalue weighted by atomic mass is 16.5. The molecule has 0 aliphatic rings. The first-order chi connectivity index (χ1) is 8.26. The number of carbonyl (C=O) groups is 1. The van der Waals surface area contributed by atoms with Crippen LogP contribution in [0.2, 0.25) is 0 Å². The van der Waals surface area contributed by atoms with Crippen molar-refractivity contribution in [3.8, 4) is 0 Å². The van der Waals surface area contributed by atoms with Crippen LogP contribution in [0.1, 0.15) is 39.0 Å². The van der Waals surface area contributed by atoms with Crippen molar-refractivity contribution >= 4 is 5.97 Å². The summed E-state index contributed by atoms with van der Waals surface area (Å²) in [5.41, 5.74) is 0.722. The van der Waals surface area contributed by atoms with Gasteiger partial charge in [-0.05, 0) is 25.8 Å². The van der Waals surface area contributed by atoms with Crippen LogP contribution in [0.5, 0.6) is 0 Å². The molecule has 100 valence electrons.